The van der Waals surface area contributed by atoms with Crippen LogP contribution in [-0.2, 0) is 16.1 Å². The minimum absolute atomic E-state index is 0.200. The SMILES string of the molecule is CCC1=C(C(=O)OC)[C@@H](c2ccccc2)n2c(s/c(=C/c3cc(C)n(-c4ccc(OCc5ccccc5Cl)cc4)c3C)c2=O)=N1. The Labute approximate surface area is 270 Å². The Morgan fingerprint density at radius 2 is 1.73 bits per heavy atom. The molecule has 7 nitrogen and oxygen atoms in total. The van der Waals surface area contributed by atoms with Crippen molar-refractivity contribution in [3.63, 3.8) is 0 Å². The number of nitrogens with zero attached hydrogens (tertiary/aromatic N) is 3. The Morgan fingerprint density at radius 1 is 1.02 bits per heavy atom. The molecular weight excluding hydrogens is 606 g/mol. The van der Waals surface area contributed by atoms with E-state index in [1.54, 1.807) is 4.57 Å². The van der Waals surface area contributed by atoms with Crippen molar-refractivity contribution in [2.45, 2.75) is 39.8 Å². The third kappa shape index (κ3) is 5.79. The Morgan fingerprint density at radius 3 is 2.42 bits per heavy atom. The largest absolute Gasteiger partial charge is 0.489 e. The lowest BCUT2D eigenvalue weighted by atomic mass is 9.95. The molecule has 3 aromatic carbocycles. The van der Waals surface area contributed by atoms with Crippen LogP contribution in [0.3, 0.4) is 0 Å². The lowest BCUT2D eigenvalue weighted by Crippen LogP contribution is -2.40. The van der Waals surface area contributed by atoms with Crippen LogP contribution in [0.25, 0.3) is 11.8 Å². The van der Waals surface area contributed by atoms with E-state index in [0.29, 0.717) is 38.7 Å². The molecule has 0 aliphatic carbocycles. The molecule has 1 atom stereocenters. The molecule has 3 heterocycles. The molecule has 2 aromatic heterocycles. The van der Waals surface area contributed by atoms with E-state index in [9.17, 15) is 9.59 Å². The van der Waals surface area contributed by atoms with Crippen LogP contribution in [-0.4, -0.2) is 22.2 Å². The van der Waals surface area contributed by atoms with Gasteiger partial charge in [0.2, 0.25) is 0 Å². The van der Waals surface area contributed by atoms with Gasteiger partial charge in [0.05, 0.1) is 29.0 Å². The lowest BCUT2D eigenvalue weighted by Gasteiger charge is -2.25. The van der Waals surface area contributed by atoms with Crippen LogP contribution < -0.4 is 19.6 Å². The highest BCUT2D eigenvalue weighted by Crippen LogP contribution is 2.32. The van der Waals surface area contributed by atoms with Gasteiger partial charge in [-0.25, -0.2) is 9.79 Å². The monoisotopic (exact) mass is 637 g/mol. The first-order chi connectivity index (χ1) is 21.8. The molecular formula is C36H32ClN3O4S. The fourth-order valence-electron chi connectivity index (χ4n) is 5.76. The second-order valence-corrected chi connectivity index (χ2v) is 12.2. The number of fused-ring (bicyclic) bond motifs is 1. The minimum Gasteiger partial charge on any atom is -0.489 e. The molecule has 0 saturated carbocycles. The van der Waals surface area contributed by atoms with Gasteiger partial charge in [0.1, 0.15) is 12.4 Å². The second kappa shape index (κ2) is 12.8. The normalized spacial score (nSPS) is 14.7. The molecule has 0 bridgehead atoms. The van der Waals surface area contributed by atoms with E-state index in [-0.39, 0.29) is 5.56 Å². The predicted octanol–water partition coefficient (Wildman–Crippen LogP) is 6.44. The highest BCUT2D eigenvalue weighted by molar-refractivity contribution is 7.07. The van der Waals surface area contributed by atoms with Gasteiger partial charge in [-0.1, -0.05) is 78.4 Å². The Bertz CT molecular complexity index is 2110. The molecule has 228 valence electrons. The van der Waals surface area contributed by atoms with Crippen molar-refractivity contribution in [1.29, 1.82) is 0 Å². The van der Waals surface area contributed by atoms with Crippen LogP contribution in [0.2, 0.25) is 5.02 Å². The van der Waals surface area contributed by atoms with Crippen molar-refractivity contribution < 1.29 is 14.3 Å². The highest BCUT2D eigenvalue weighted by atomic mass is 35.5. The molecule has 0 saturated heterocycles. The van der Waals surface area contributed by atoms with E-state index < -0.39 is 12.0 Å². The smallest absolute Gasteiger partial charge is 0.338 e. The summed E-state index contributed by atoms with van der Waals surface area (Å²) in [5.74, 6) is 0.260. The molecule has 5 aromatic rings. The zero-order chi connectivity index (χ0) is 31.7. The fraction of sp³-hybridized carbons (Fsp3) is 0.194. The number of thiazole rings is 1. The van der Waals surface area contributed by atoms with Crippen LogP contribution in [0.1, 0.15) is 47.5 Å². The average molecular weight is 638 g/mol. The third-order valence-corrected chi connectivity index (χ3v) is 9.32. The van der Waals surface area contributed by atoms with Gasteiger partial charge in [0.25, 0.3) is 5.56 Å². The first-order valence-electron chi connectivity index (χ1n) is 14.6. The minimum atomic E-state index is -0.627. The van der Waals surface area contributed by atoms with Crippen molar-refractivity contribution >= 4 is 35.0 Å². The van der Waals surface area contributed by atoms with Gasteiger partial charge in [0.15, 0.2) is 4.80 Å². The van der Waals surface area contributed by atoms with Crippen molar-refractivity contribution in [3.05, 3.63) is 149 Å². The zero-order valence-electron chi connectivity index (χ0n) is 25.4. The second-order valence-electron chi connectivity index (χ2n) is 10.7. The molecule has 45 heavy (non-hydrogen) atoms. The van der Waals surface area contributed by atoms with Crippen molar-refractivity contribution in [1.82, 2.24) is 9.13 Å². The summed E-state index contributed by atoms with van der Waals surface area (Å²) in [5.41, 5.74) is 6.50. The fourth-order valence-corrected chi connectivity index (χ4v) is 6.96. The van der Waals surface area contributed by atoms with Gasteiger partial charge < -0.3 is 14.0 Å². The first kappa shape index (κ1) is 30.4. The van der Waals surface area contributed by atoms with Crippen LogP contribution in [0.5, 0.6) is 5.75 Å². The zero-order valence-corrected chi connectivity index (χ0v) is 27.0. The number of ether oxygens (including phenoxy) is 2. The van der Waals surface area contributed by atoms with Crippen molar-refractivity contribution in [2.75, 3.05) is 7.11 Å². The maximum atomic E-state index is 14.0. The molecule has 0 N–H and O–H groups in total. The molecule has 0 unspecified atom stereocenters. The number of allylic oxidation sites excluding steroid dienone is 1. The summed E-state index contributed by atoms with van der Waals surface area (Å²) in [7, 11) is 1.35. The number of esters is 1. The maximum absolute atomic E-state index is 14.0. The highest BCUT2D eigenvalue weighted by Gasteiger charge is 2.33. The number of halogens is 1. The van der Waals surface area contributed by atoms with E-state index in [1.807, 2.05) is 106 Å². The Balaban J connectivity index is 1.36. The Kier molecular flexibility index (Phi) is 8.61. The molecule has 0 fully saturated rings. The van der Waals surface area contributed by atoms with E-state index >= 15 is 0 Å². The molecule has 9 heteroatoms. The number of benzene rings is 3. The number of carbonyl (C=O) groups excluding carboxylic acids is 1. The van der Waals surface area contributed by atoms with Crippen molar-refractivity contribution in [2.24, 2.45) is 4.99 Å². The van der Waals surface area contributed by atoms with Gasteiger partial charge in [-0.3, -0.25) is 9.36 Å². The number of aromatic nitrogens is 2. The Hall–Kier alpha value is -4.66. The summed E-state index contributed by atoms with van der Waals surface area (Å²) < 4.78 is 15.4. The van der Waals surface area contributed by atoms with E-state index in [4.69, 9.17) is 26.1 Å². The molecule has 6 rings (SSSR count). The van der Waals surface area contributed by atoms with Gasteiger partial charge in [-0.05, 0) is 73.9 Å². The van der Waals surface area contributed by atoms with E-state index in [2.05, 4.69) is 10.6 Å². The summed E-state index contributed by atoms with van der Waals surface area (Å²) in [6, 6.07) is 26.5. The van der Waals surface area contributed by atoms with Gasteiger partial charge in [0, 0.05) is 27.7 Å². The number of carbonyl (C=O) groups is 1. The molecule has 1 aliphatic heterocycles. The summed E-state index contributed by atoms with van der Waals surface area (Å²) >= 11 is 7.60. The standard InChI is InChI=1S/C36H32ClN3O4S/c1-5-30-32(35(42)43-4)33(24-11-7-6-8-12-24)40-34(41)31(45-36(40)38-30)20-26-19-22(2)39(23(26)3)27-15-17-28(18-16-27)44-21-25-13-9-10-14-29(25)37/h6-20,33H,5,21H2,1-4H3/b31-20+/t33-/m1/s1. The average Bonchev–Trinajstić information content (AvgIpc) is 3.53. The van der Waals surface area contributed by atoms with E-state index in [0.717, 1.165) is 39.5 Å². The molecule has 0 amide bonds. The quantitative estimate of drug-likeness (QED) is 0.184. The first-order valence-corrected chi connectivity index (χ1v) is 15.8. The number of methoxy groups -OCH3 is 1. The van der Waals surface area contributed by atoms with Crippen LogP contribution in [0.4, 0.5) is 0 Å². The van der Waals surface area contributed by atoms with Gasteiger partial charge in [-0.2, -0.15) is 0 Å². The van der Waals surface area contributed by atoms with Crippen LogP contribution in [0.15, 0.2) is 106 Å². The number of aryl methyl sites for hydroxylation is 1. The summed E-state index contributed by atoms with van der Waals surface area (Å²) in [6.45, 7) is 6.41. The number of rotatable bonds is 8. The molecule has 0 radical (unpaired) electrons. The topological polar surface area (TPSA) is 74.8 Å². The summed E-state index contributed by atoms with van der Waals surface area (Å²) in [6.07, 6.45) is 2.45. The maximum Gasteiger partial charge on any atom is 0.338 e. The van der Waals surface area contributed by atoms with Crippen LogP contribution >= 0.6 is 22.9 Å². The van der Waals surface area contributed by atoms with Gasteiger partial charge in [-0.15, -0.1) is 0 Å². The van der Waals surface area contributed by atoms with Gasteiger partial charge >= 0.3 is 5.97 Å². The number of hydrogen-bond acceptors (Lipinski definition) is 6. The number of hydrogen-bond donors (Lipinski definition) is 0. The predicted molar refractivity (Wildman–Crippen MR) is 178 cm³/mol. The third-order valence-electron chi connectivity index (χ3n) is 7.97. The van der Waals surface area contributed by atoms with E-state index in [1.165, 1.54) is 18.4 Å². The van der Waals surface area contributed by atoms with Crippen LogP contribution in [0, 0.1) is 13.8 Å². The molecule has 1 aliphatic rings. The van der Waals surface area contributed by atoms with Crippen molar-refractivity contribution in [3.8, 4) is 11.4 Å². The summed E-state index contributed by atoms with van der Waals surface area (Å²) in [4.78, 5) is 32.4. The summed E-state index contributed by atoms with van der Waals surface area (Å²) in [5, 5.41) is 0.679. The molecule has 0 spiro atoms. The lowest BCUT2D eigenvalue weighted by molar-refractivity contribution is -0.136.